The van der Waals surface area contributed by atoms with E-state index in [2.05, 4.69) is 13.8 Å². The van der Waals surface area contributed by atoms with Crippen LogP contribution in [0.15, 0.2) is 18.2 Å². The van der Waals surface area contributed by atoms with Crippen molar-refractivity contribution >= 4 is 18.3 Å². The number of carbonyl (C=O) groups is 1. The number of unbranched alkanes of at least 4 members (excludes halogenated alkanes) is 2. The van der Waals surface area contributed by atoms with Crippen LogP contribution < -0.4 is 15.2 Å². The molecule has 6 heteroatoms. The second-order valence-corrected chi connectivity index (χ2v) is 6.60. The number of hydrogen-bond donors (Lipinski definition) is 1. The number of nitrogens with zero attached hydrogens (tertiary/aromatic N) is 1. The van der Waals surface area contributed by atoms with Gasteiger partial charge in [-0.3, -0.25) is 4.79 Å². The summed E-state index contributed by atoms with van der Waals surface area (Å²) < 4.78 is 11.7. The third-order valence-electron chi connectivity index (χ3n) is 4.61. The summed E-state index contributed by atoms with van der Waals surface area (Å²) in [5, 5.41) is 0. The molecule has 0 bridgehead atoms. The molecule has 0 saturated carbocycles. The van der Waals surface area contributed by atoms with E-state index in [9.17, 15) is 4.79 Å². The molecule has 5 nitrogen and oxygen atoms in total. The van der Waals surface area contributed by atoms with Crippen LogP contribution in [-0.2, 0) is 0 Å². The fourth-order valence-corrected chi connectivity index (χ4v) is 3.04. The molecule has 1 unspecified atom stereocenters. The molecule has 0 aromatic heterocycles. The molecule has 1 aromatic carbocycles. The molecule has 0 aliphatic carbocycles. The summed E-state index contributed by atoms with van der Waals surface area (Å²) in [7, 11) is 0. The smallest absolute Gasteiger partial charge is 0.254 e. The van der Waals surface area contributed by atoms with Crippen molar-refractivity contribution in [3.63, 3.8) is 0 Å². The Hall–Kier alpha value is -1.46. The van der Waals surface area contributed by atoms with Crippen LogP contribution in [0.4, 0.5) is 0 Å². The van der Waals surface area contributed by atoms with Crippen LogP contribution in [0.3, 0.4) is 0 Å². The number of amides is 1. The second kappa shape index (κ2) is 12.0. The Morgan fingerprint density at radius 1 is 1.15 bits per heavy atom. The van der Waals surface area contributed by atoms with Crippen LogP contribution in [0.1, 0.15) is 62.7 Å². The Kier molecular flexibility index (Phi) is 10.4. The Bertz CT molecular complexity index is 554. The van der Waals surface area contributed by atoms with Gasteiger partial charge in [0.15, 0.2) is 11.5 Å². The first kappa shape index (κ1) is 22.6. The van der Waals surface area contributed by atoms with Gasteiger partial charge in [0.2, 0.25) is 0 Å². The standard InChI is InChI=1S/C20H32N2O3.ClH/c1-3-5-12-24-18-10-9-16(14-19(18)25-13-6-4-2)20(23)22-11-7-8-17(22)15-21;/h9-10,14,17H,3-8,11-13,15,21H2,1-2H3;1H. The molecule has 148 valence electrons. The van der Waals surface area contributed by atoms with Gasteiger partial charge in [0.1, 0.15) is 0 Å². The van der Waals surface area contributed by atoms with E-state index in [0.717, 1.165) is 50.8 Å². The number of halogens is 1. The van der Waals surface area contributed by atoms with Crippen molar-refractivity contribution in [2.24, 2.45) is 5.73 Å². The van der Waals surface area contributed by atoms with E-state index in [4.69, 9.17) is 15.2 Å². The lowest BCUT2D eigenvalue weighted by atomic mass is 10.1. The Morgan fingerprint density at radius 2 is 1.81 bits per heavy atom. The quantitative estimate of drug-likeness (QED) is 0.618. The maximum Gasteiger partial charge on any atom is 0.254 e. The summed E-state index contributed by atoms with van der Waals surface area (Å²) in [6, 6.07) is 5.67. The predicted molar refractivity (Wildman–Crippen MR) is 108 cm³/mol. The predicted octanol–water partition coefficient (Wildman–Crippen LogP) is 4.03. The number of ether oxygens (including phenoxy) is 2. The van der Waals surface area contributed by atoms with Gasteiger partial charge in [-0.2, -0.15) is 0 Å². The maximum absolute atomic E-state index is 12.8. The molecule has 1 amide bonds. The number of benzene rings is 1. The third-order valence-corrected chi connectivity index (χ3v) is 4.61. The molecule has 1 aliphatic heterocycles. The lowest BCUT2D eigenvalue weighted by Crippen LogP contribution is -2.39. The number of hydrogen-bond acceptors (Lipinski definition) is 4. The molecule has 1 aliphatic rings. The normalized spacial score (nSPS) is 16.3. The van der Waals surface area contributed by atoms with Gasteiger partial charge in [0, 0.05) is 24.7 Å². The van der Waals surface area contributed by atoms with Crippen LogP contribution in [0.5, 0.6) is 11.5 Å². The Morgan fingerprint density at radius 3 is 2.42 bits per heavy atom. The van der Waals surface area contributed by atoms with E-state index in [1.807, 2.05) is 23.1 Å². The summed E-state index contributed by atoms with van der Waals surface area (Å²) in [6.07, 6.45) is 6.13. The van der Waals surface area contributed by atoms with Crippen LogP contribution in [0.25, 0.3) is 0 Å². The summed E-state index contributed by atoms with van der Waals surface area (Å²) in [5.74, 6) is 1.42. The van der Waals surface area contributed by atoms with E-state index >= 15 is 0 Å². The van der Waals surface area contributed by atoms with Gasteiger partial charge in [-0.05, 0) is 43.9 Å². The van der Waals surface area contributed by atoms with Crippen molar-refractivity contribution in [2.45, 2.75) is 58.4 Å². The van der Waals surface area contributed by atoms with Gasteiger partial charge in [-0.15, -0.1) is 12.4 Å². The molecule has 2 N–H and O–H groups in total. The number of carbonyl (C=O) groups excluding carboxylic acids is 1. The van der Waals surface area contributed by atoms with Crippen molar-refractivity contribution in [1.82, 2.24) is 4.90 Å². The maximum atomic E-state index is 12.8. The molecule has 2 rings (SSSR count). The third kappa shape index (κ3) is 6.06. The zero-order valence-electron chi connectivity index (χ0n) is 16.0. The van der Waals surface area contributed by atoms with Gasteiger partial charge in [0.25, 0.3) is 5.91 Å². The molecule has 1 atom stereocenters. The fourth-order valence-electron chi connectivity index (χ4n) is 3.04. The lowest BCUT2D eigenvalue weighted by Gasteiger charge is -2.24. The van der Waals surface area contributed by atoms with Gasteiger partial charge in [-0.25, -0.2) is 0 Å². The molecule has 1 saturated heterocycles. The summed E-state index contributed by atoms with van der Waals surface area (Å²) >= 11 is 0. The van der Waals surface area contributed by atoms with Crippen molar-refractivity contribution in [3.05, 3.63) is 23.8 Å². The van der Waals surface area contributed by atoms with E-state index in [0.29, 0.717) is 31.1 Å². The van der Waals surface area contributed by atoms with Crippen molar-refractivity contribution in [1.29, 1.82) is 0 Å². The van der Waals surface area contributed by atoms with Crippen molar-refractivity contribution in [3.8, 4) is 11.5 Å². The van der Waals surface area contributed by atoms with Crippen LogP contribution >= 0.6 is 12.4 Å². The molecule has 1 fully saturated rings. The molecule has 1 heterocycles. The first-order valence-electron chi connectivity index (χ1n) is 9.61. The van der Waals surface area contributed by atoms with Gasteiger partial charge < -0.3 is 20.1 Å². The summed E-state index contributed by atoms with van der Waals surface area (Å²) in [6.45, 7) is 6.85. The minimum atomic E-state index is 0. The minimum absolute atomic E-state index is 0. The van der Waals surface area contributed by atoms with Gasteiger partial charge in [0.05, 0.1) is 13.2 Å². The molecule has 1 aromatic rings. The number of likely N-dealkylation sites (tertiary alicyclic amines) is 1. The average Bonchev–Trinajstić information content (AvgIpc) is 3.11. The van der Waals surface area contributed by atoms with E-state index in [1.165, 1.54) is 0 Å². The van der Waals surface area contributed by atoms with E-state index in [1.54, 1.807) is 0 Å². The van der Waals surface area contributed by atoms with Gasteiger partial charge in [-0.1, -0.05) is 26.7 Å². The minimum Gasteiger partial charge on any atom is -0.490 e. The largest absolute Gasteiger partial charge is 0.490 e. The average molecular weight is 385 g/mol. The fraction of sp³-hybridized carbons (Fsp3) is 0.650. The Labute approximate surface area is 163 Å². The topological polar surface area (TPSA) is 64.8 Å². The van der Waals surface area contributed by atoms with Crippen LogP contribution in [0.2, 0.25) is 0 Å². The highest BCUT2D eigenvalue weighted by Gasteiger charge is 2.28. The molecular formula is C20H33ClN2O3. The summed E-state index contributed by atoms with van der Waals surface area (Å²) in [4.78, 5) is 14.7. The van der Waals surface area contributed by atoms with E-state index < -0.39 is 0 Å². The first-order valence-corrected chi connectivity index (χ1v) is 9.61. The first-order chi connectivity index (χ1) is 12.2. The van der Waals surface area contributed by atoms with Gasteiger partial charge >= 0.3 is 0 Å². The monoisotopic (exact) mass is 384 g/mol. The van der Waals surface area contributed by atoms with E-state index in [-0.39, 0.29) is 24.4 Å². The number of rotatable bonds is 10. The highest BCUT2D eigenvalue weighted by Crippen LogP contribution is 2.30. The SMILES string of the molecule is CCCCOc1ccc(C(=O)N2CCCC2CN)cc1OCCCC.Cl. The van der Waals surface area contributed by atoms with Crippen LogP contribution in [-0.4, -0.2) is 43.2 Å². The Balaban J connectivity index is 0.00000338. The second-order valence-electron chi connectivity index (χ2n) is 6.60. The number of nitrogens with two attached hydrogens (primary N) is 1. The highest BCUT2D eigenvalue weighted by atomic mass is 35.5. The van der Waals surface area contributed by atoms with Crippen molar-refractivity contribution < 1.29 is 14.3 Å². The highest BCUT2D eigenvalue weighted by molar-refractivity contribution is 5.95. The molecular weight excluding hydrogens is 352 g/mol. The van der Waals surface area contributed by atoms with Crippen LogP contribution in [0, 0.1) is 0 Å². The van der Waals surface area contributed by atoms with Crippen molar-refractivity contribution in [2.75, 3.05) is 26.3 Å². The lowest BCUT2D eigenvalue weighted by molar-refractivity contribution is 0.0740. The molecule has 26 heavy (non-hydrogen) atoms. The zero-order chi connectivity index (χ0) is 18.1. The summed E-state index contributed by atoms with van der Waals surface area (Å²) in [5.41, 5.74) is 6.45. The zero-order valence-corrected chi connectivity index (χ0v) is 16.9. The molecule has 0 spiro atoms. The molecule has 0 radical (unpaired) electrons.